The highest BCUT2D eigenvalue weighted by Gasteiger charge is 2.22. The number of rotatable bonds is 6. The number of amides is 1. The van der Waals surface area contributed by atoms with E-state index in [1.165, 1.54) is 7.11 Å². The van der Waals surface area contributed by atoms with Gasteiger partial charge in [0.15, 0.2) is 0 Å². The molecule has 5 nitrogen and oxygen atoms in total. The maximum atomic E-state index is 12.3. The second kappa shape index (κ2) is 7.45. The zero-order valence-corrected chi connectivity index (χ0v) is 14.2. The van der Waals surface area contributed by atoms with Gasteiger partial charge in [-0.25, -0.2) is 4.79 Å². The summed E-state index contributed by atoms with van der Waals surface area (Å²) in [4.78, 5) is 26.9. The highest BCUT2D eigenvalue weighted by Crippen LogP contribution is 2.29. The van der Waals surface area contributed by atoms with Gasteiger partial charge in [0, 0.05) is 10.9 Å². The summed E-state index contributed by atoms with van der Waals surface area (Å²) in [7, 11) is 1.31. The number of esters is 1. The Morgan fingerprint density at radius 3 is 2.77 bits per heavy atom. The van der Waals surface area contributed by atoms with Gasteiger partial charge in [-0.1, -0.05) is 53.9 Å². The van der Waals surface area contributed by atoms with Gasteiger partial charge in [-0.2, -0.15) is 0 Å². The van der Waals surface area contributed by atoms with Crippen molar-refractivity contribution >= 4 is 44.4 Å². The predicted molar refractivity (Wildman–Crippen MR) is 90.5 cm³/mol. The summed E-state index contributed by atoms with van der Waals surface area (Å²) in [5, 5.41) is 3.62. The molecular formula is C16H19BrN2O3. The van der Waals surface area contributed by atoms with Gasteiger partial charge in [0.1, 0.15) is 5.69 Å². The van der Waals surface area contributed by atoms with Gasteiger partial charge in [-0.05, 0) is 12.5 Å². The molecule has 0 aliphatic carbocycles. The molecule has 1 heterocycles. The number of unbranched alkanes of at least 4 members (excludes halogenated alkanes) is 1. The van der Waals surface area contributed by atoms with Crippen LogP contribution in [0.4, 0.5) is 5.69 Å². The molecule has 0 saturated heterocycles. The van der Waals surface area contributed by atoms with Gasteiger partial charge in [0.25, 0.3) is 0 Å². The lowest BCUT2D eigenvalue weighted by Gasteiger charge is -2.11. The molecule has 0 unspecified atom stereocenters. The summed E-state index contributed by atoms with van der Waals surface area (Å²) < 4.78 is 4.78. The fraction of sp³-hybridized carbons (Fsp3) is 0.375. The molecule has 1 atom stereocenters. The van der Waals surface area contributed by atoms with Crippen LogP contribution >= 0.6 is 15.9 Å². The first kappa shape index (κ1) is 16.5. The molecule has 0 bridgehead atoms. The summed E-state index contributed by atoms with van der Waals surface area (Å²) in [5.41, 5.74) is 1.50. The van der Waals surface area contributed by atoms with Crippen LogP contribution in [0.1, 0.15) is 36.7 Å². The highest BCUT2D eigenvalue weighted by atomic mass is 79.9. The first-order valence-corrected chi connectivity index (χ1v) is 8.14. The Morgan fingerprint density at radius 1 is 1.36 bits per heavy atom. The van der Waals surface area contributed by atoms with Crippen LogP contribution in [0.2, 0.25) is 0 Å². The van der Waals surface area contributed by atoms with E-state index in [2.05, 4.69) is 33.2 Å². The molecule has 1 aromatic carbocycles. The van der Waals surface area contributed by atoms with Crippen LogP contribution in [0.25, 0.3) is 10.9 Å². The van der Waals surface area contributed by atoms with E-state index in [0.29, 0.717) is 5.69 Å². The van der Waals surface area contributed by atoms with Crippen molar-refractivity contribution in [3.05, 3.63) is 30.0 Å². The van der Waals surface area contributed by atoms with Gasteiger partial charge in [-0.3, -0.25) is 4.79 Å². The van der Waals surface area contributed by atoms with E-state index in [9.17, 15) is 9.59 Å². The minimum atomic E-state index is -0.508. The molecule has 0 aliphatic rings. The van der Waals surface area contributed by atoms with Crippen LogP contribution in [0, 0.1) is 0 Å². The molecule has 0 fully saturated rings. The van der Waals surface area contributed by atoms with E-state index in [-0.39, 0.29) is 16.4 Å². The topological polar surface area (TPSA) is 71.2 Å². The maximum absolute atomic E-state index is 12.3. The number of anilines is 1. The van der Waals surface area contributed by atoms with Crippen LogP contribution < -0.4 is 5.32 Å². The summed E-state index contributed by atoms with van der Waals surface area (Å²) in [6.07, 6.45) is 2.73. The number of carbonyl (C=O) groups is 2. The molecular weight excluding hydrogens is 348 g/mol. The lowest BCUT2D eigenvalue weighted by atomic mass is 10.2. The number of benzene rings is 1. The zero-order valence-electron chi connectivity index (χ0n) is 12.6. The molecule has 2 aromatic rings. The van der Waals surface area contributed by atoms with Crippen molar-refractivity contribution in [1.29, 1.82) is 0 Å². The zero-order chi connectivity index (χ0) is 16.1. The average molecular weight is 367 g/mol. The van der Waals surface area contributed by atoms with Crippen LogP contribution in [-0.4, -0.2) is 28.8 Å². The predicted octanol–water partition coefficient (Wildman–Crippen LogP) is 3.85. The molecule has 1 amide bonds. The van der Waals surface area contributed by atoms with Crippen molar-refractivity contribution in [2.45, 2.75) is 31.0 Å². The molecule has 0 radical (unpaired) electrons. The molecule has 0 spiro atoms. The van der Waals surface area contributed by atoms with E-state index >= 15 is 0 Å². The number of aromatic amines is 1. The highest BCUT2D eigenvalue weighted by molar-refractivity contribution is 9.10. The Kier molecular flexibility index (Phi) is 5.60. The average Bonchev–Trinajstić information content (AvgIpc) is 2.90. The van der Waals surface area contributed by atoms with E-state index in [4.69, 9.17) is 4.74 Å². The number of H-pyrrole nitrogens is 1. The molecule has 2 N–H and O–H groups in total. The SMILES string of the molecule is CCCC[C@@H](Br)C(=O)Nc1c(C(=O)OC)[nH]c2ccccc12. The molecule has 2 rings (SSSR count). The molecule has 1 aromatic heterocycles. The van der Waals surface area contributed by atoms with Crippen molar-refractivity contribution in [3.8, 4) is 0 Å². The largest absolute Gasteiger partial charge is 0.464 e. The van der Waals surface area contributed by atoms with Crippen LogP contribution in [0.15, 0.2) is 24.3 Å². The molecule has 6 heteroatoms. The van der Waals surface area contributed by atoms with Gasteiger partial charge in [-0.15, -0.1) is 0 Å². The van der Waals surface area contributed by atoms with Gasteiger partial charge >= 0.3 is 5.97 Å². The Balaban J connectivity index is 2.32. The summed E-state index contributed by atoms with van der Waals surface area (Å²) in [6.45, 7) is 2.08. The second-order valence-electron chi connectivity index (χ2n) is 5.01. The summed E-state index contributed by atoms with van der Waals surface area (Å²) in [6, 6.07) is 7.42. The van der Waals surface area contributed by atoms with Crippen molar-refractivity contribution in [2.24, 2.45) is 0 Å². The van der Waals surface area contributed by atoms with Crippen molar-refractivity contribution in [1.82, 2.24) is 4.98 Å². The van der Waals surface area contributed by atoms with Crippen LogP contribution in [0.3, 0.4) is 0 Å². The minimum absolute atomic E-state index is 0.164. The number of alkyl halides is 1. The second-order valence-corrected chi connectivity index (χ2v) is 6.12. The number of nitrogens with one attached hydrogen (secondary N) is 2. The number of aromatic nitrogens is 1. The summed E-state index contributed by atoms with van der Waals surface area (Å²) >= 11 is 3.39. The third-order valence-electron chi connectivity index (χ3n) is 3.44. The Morgan fingerprint density at radius 2 is 2.09 bits per heavy atom. The summed E-state index contributed by atoms with van der Waals surface area (Å²) in [5.74, 6) is -0.672. The Labute approximate surface area is 137 Å². The number of ether oxygens (including phenoxy) is 1. The smallest absolute Gasteiger partial charge is 0.356 e. The lowest BCUT2D eigenvalue weighted by Crippen LogP contribution is -2.23. The molecule has 22 heavy (non-hydrogen) atoms. The monoisotopic (exact) mass is 366 g/mol. The van der Waals surface area contributed by atoms with Crippen LogP contribution in [0.5, 0.6) is 0 Å². The number of hydrogen-bond donors (Lipinski definition) is 2. The normalized spacial score (nSPS) is 12.1. The van der Waals surface area contributed by atoms with E-state index < -0.39 is 5.97 Å². The van der Waals surface area contributed by atoms with E-state index in [1.807, 2.05) is 24.3 Å². The van der Waals surface area contributed by atoms with Crippen molar-refractivity contribution in [3.63, 3.8) is 0 Å². The van der Waals surface area contributed by atoms with Crippen molar-refractivity contribution in [2.75, 3.05) is 12.4 Å². The fourth-order valence-corrected chi connectivity index (χ4v) is 2.68. The maximum Gasteiger partial charge on any atom is 0.356 e. The first-order chi connectivity index (χ1) is 10.6. The molecule has 0 saturated carbocycles. The number of para-hydroxylation sites is 1. The molecule has 118 valence electrons. The fourth-order valence-electron chi connectivity index (χ4n) is 2.24. The first-order valence-electron chi connectivity index (χ1n) is 7.22. The third-order valence-corrected chi connectivity index (χ3v) is 4.31. The van der Waals surface area contributed by atoms with Gasteiger partial charge in [0.2, 0.25) is 5.91 Å². The van der Waals surface area contributed by atoms with Crippen LogP contribution in [-0.2, 0) is 9.53 Å². The minimum Gasteiger partial charge on any atom is -0.464 e. The van der Waals surface area contributed by atoms with Gasteiger partial charge in [0.05, 0.1) is 17.6 Å². The quantitative estimate of drug-likeness (QED) is 0.602. The van der Waals surface area contributed by atoms with Gasteiger partial charge < -0.3 is 15.0 Å². The number of hydrogen-bond acceptors (Lipinski definition) is 3. The van der Waals surface area contributed by atoms with E-state index in [0.717, 1.165) is 30.2 Å². The lowest BCUT2D eigenvalue weighted by molar-refractivity contribution is -0.115. The number of fused-ring (bicyclic) bond motifs is 1. The standard InChI is InChI=1S/C16H19BrN2O3/c1-3-4-8-11(17)15(20)19-13-10-7-5-6-9-12(10)18-14(13)16(21)22-2/h5-7,9,11,18H,3-4,8H2,1-2H3,(H,19,20)/t11-/m1/s1. The van der Waals surface area contributed by atoms with Crippen molar-refractivity contribution < 1.29 is 14.3 Å². The van der Waals surface area contributed by atoms with E-state index in [1.54, 1.807) is 0 Å². The number of carbonyl (C=O) groups excluding carboxylic acids is 2. The third kappa shape index (κ3) is 3.50. The Bertz CT molecular complexity index is 681. The molecule has 0 aliphatic heterocycles. The number of halogens is 1. The Hall–Kier alpha value is -1.82. The number of methoxy groups -OCH3 is 1.